The lowest BCUT2D eigenvalue weighted by atomic mass is 10.2. The molecule has 0 radical (unpaired) electrons. The van der Waals surface area contributed by atoms with Crippen molar-refractivity contribution in [2.24, 2.45) is 0 Å². The summed E-state index contributed by atoms with van der Waals surface area (Å²) >= 11 is 0. The van der Waals surface area contributed by atoms with Crippen LogP contribution in [0.15, 0.2) is 18.2 Å². The molecule has 0 spiro atoms. The molecule has 1 N–H and O–H groups in total. The number of carbonyl (C=O) groups excluding carboxylic acids is 1. The molecule has 0 fully saturated rings. The fourth-order valence-electron chi connectivity index (χ4n) is 2.16. The zero-order valence-corrected chi connectivity index (χ0v) is 15.2. The molecule has 0 amide bonds. The van der Waals surface area contributed by atoms with Crippen LogP contribution in [-0.2, 0) is 18.9 Å². The van der Waals surface area contributed by atoms with Crippen LogP contribution < -0.4 is 14.8 Å². The molecule has 26 heavy (non-hydrogen) atoms. The number of esters is 1. The number of fused-ring (bicyclic) bond motifs is 1. The summed E-state index contributed by atoms with van der Waals surface area (Å²) in [5.41, 5.74) is 0.409. The van der Waals surface area contributed by atoms with Gasteiger partial charge in [0, 0.05) is 6.54 Å². The third kappa shape index (κ3) is 7.57. The smallest absolute Gasteiger partial charge is 0.338 e. The average Bonchev–Trinajstić information content (AvgIpc) is 2.66. The van der Waals surface area contributed by atoms with E-state index in [1.807, 2.05) is 0 Å². The number of hydrogen-bond acceptors (Lipinski definition) is 8. The number of carbonyl (C=O) groups is 1. The second kappa shape index (κ2) is 12.5. The van der Waals surface area contributed by atoms with Gasteiger partial charge < -0.3 is 33.7 Å². The Bertz CT molecular complexity index is 538. The van der Waals surface area contributed by atoms with Crippen molar-refractivity contribution >= 4 is 5.97 Å². The molecule has 0 aliphatic carbocycles. The van der Waals surface area contributed by atoms with Gasteiger partial charge in [0.2, 0.25) is 0 Å². The average molecular weight is 369 g/mol. The highest BCUT2D eigenvalue weighted by Gasteiger charge is 2.13. The number of benzene rings is 1. The van der Waals surface area contributed by atoms with Crippen molar-refractivity contribution in [1.29, 1.82) is 0 Å². The normalized spacial score (nSPS) is 17.0. The summed E-state index contributed by atoms with van der Waals surface area (Å²) in [6.07, 6.45) is 0. The third-order valence-electron chi connectivity index (χ3n) is 3.48. The van der Waals surface area contributed by atoms with Gasteiger partial charge in [0.05, 0.1) is 45.2 Å². The first-order chi connectivity index (χ1) is 12.8. The Morgan fingerprint density at radius 2 is 1.50 bits per heavy atom. The van der Waals surface area contributed by atoms with Crippen LogP contribution in [0.2, 0.25) is 0 Å². The molecule has 8 heteroatoms. The Hall–Kier alpha value is -1.87. The predicted octanol–water partition coefficient (Wildman–Crippen LogP) is 0.884. The Labute approximate surface area is 153 Å². The lowest BCUT2D eigenvalue weighted by molar-refractivity contribution is 0.00708. The van der Waals surface area contributed by atoms with E-state index in [1.54, 1.807) is 25.2 Å². The van der Waals surface area contributed by atoms with Gasteiger partial charge in [0.15, 0.2) is 11.5 Å². The quantitative estimate of drug-likeness (QED) is 0.619. The van der Waals surface area contributed by atoms with Crippen LogP contribution in [-0.4, -0.2) is 79.0 Å². The van der Waals surface area contributed by atoms with Crippen LogP contribution in [0.1, 0.15) is 10.4 Å². The predicted molar refractivity (Wildman–Crippen MR) is 94.1 cm³/mol. The fraction of sp³-hybridized carbons (Fsp3) is 0.611. The minimum atomic E-state index is -0.403. The Kier molecular flexibility index (Phi) is 9.81. The molecule has 1 aromatic carbocycles. The molecule has 0 saturated heterocycles. The van der Waals surface area contributed by atoms with E-state index in [0.717, 1.165) is 0 Å². The van der Waals surface area contributed by atoms with Crippen LogP contribution >= 0.6 is 0 Å². The van der Waals surface area contributed by atoms with Crippen LogP contribution in [0.3, 0.4) is 0 Å². The lowest BCUT2D eigenvalue weighted by Crippen LogP contribution is -2.17. The van der Waals surface area contributed by atoms with Gasteiger partial charge in [-0.25, -0.2) is 4.79 Å². The Balaban J connectivity index is 2.00. The highest BCUT2D eigenvalue weighted by atomic mass is 16.6. The number of hydrogen-bond donors (Lipinski definition) is 1. The van der Waals surface area contributed by atoms with Gasteiger partial charge in [0.25, 0.3) is 0 Å². The molecular formula is C18H27NO7. The van der Waals surface area contributed by atoms with Crippen molar-refractivity contribution in [3.63, 3.8) is 0 Å². The van der Waals surface area contributed by atoms with E-state index in [9.17, 15) is 4.79 Å². The first-order valence-electron chi connectivity index (χ1n) is 8.76. The second-order valence-corrected chi connectivity index (χ2v) is 5.44. The summed E-state index contributed by atoms with van der Waals surface area (Å²) in [5, 5.41) is 2.92. The van der Waals surface area contributed by atoms with Gasteiger partial charge in [0.1, 0.15) is 19.8 Å². The van der Waals surface area contributed by atoms with E-state index < -0.39 is 5.97 Å². The molecule has 0 bridgehead atoms. The molecule has 0 unspecified atom stereocenters. The number of ether oxygens (including phenoxy) is 6. The minimum Gasteiger partial charge on any atom is -0.487 e. The van der Waals surface area contributed by atoms with Crippen molar-refractivity contribution in [2.45, 2.75) is 0 Å². The van der Waals surface area contributed by atoms with E-state index in [0.29, 0.717) is 83.1 Å². The monoisotopic (exact) mass is 369 g/mol. The van der Waals surface area contributed by atoms with Crippen molar-refractivity contribution in [3.8, 4) is 11.5 Å². The van der Waals surface area contributed by atoms with Gasteiger partial charge in [-0.3, -0.25) is 0 Å². The van der Waals surface area contributed by atoms with Crippen LogP contribution in [0.4, 0.5) is 0 Å². The lowest BCUT2D eigenvalue weighted by Gasteiger charge is -2.14. The largest absolute Gasteiger partial charge is 0.487 e. The number of likely N-dealkylation sites (N-methyl/N-ethyl adjacent to an activating group) is 1. The van der Waals surface area contributed by atoms with Gasteiger partial charge in [-0.15, -0.1) is 0 Å². The summed E-state index contributed by atoms with van der Waals surface area (Å²) in [7, 11) is 1.80. The van der Waals surface area contributed by atoms with E-state index in [2.05, 4.69) is 5.32 Å². The molecule has 8 nitrogen and oxygen atoms in total. The minimum absolute atomic E-state index is 0.303. The molecule has 146 valence electrons. The van der Waals surface area contributed by atoms with Crippen molar-refractivity contribution in [2.75, 3.05) is 73.1 Å². The molecule has 1 aliphatic heterocycles. The summed E-state index contributed by atoms with van der Waals surface area (Å²) < 4.78 is 32.9. The zero-order chi connectivity index (χ0) is 18.5. The van der Waals surface area contributed by atoms with Gasteiger partial charge in [-0.1, -0.05) is 0 Å². The molecule has 0 aromatic heterocycles. The fourth-order valence-corrected chi connectivity index (χ4v) is 2.16. The first-order valence-corrected chi connectivity index (χ1v) is 8.76. The van der Waals surface area contributed by atoms with Crippen LogP contribution in [0.25, 0.3) is 0 Å². The molecular weight excluding hydrogens is 342 g/mol. The number of nitrogens with one attached hydrogen (secondary N) is 1. The SMILES string of the molecule is CNCCOC(=O)c1ccc2c(c1)OCCOCCOCCOCCO2. The highest BCUT2D eigenvalue weighted by molar-refractivity contribution is 5.90. The first kappa shape index (κ1) is 20.4. The van der Waals surface area contributed by atoms with Gasteiger partial charge in [-0.2, -0.15) is 0 Å². The second-order valence-electron chi connectivity index (χ2n) is 5.44. The van der Waals surface area contributed by atoms with Gasteiger partial charge in [-0.05, 0) is 25.2 Å². The molecule has 1 aliphatic rings. The van der Waals surface area contributed by atoms with E-state index in [1.165, 1.54) is 0 Å². The highest BCUT2D eigenvalue weighted by Crippen LogP contribution is 2.29. The summed E-state index contributed by atoms with van der Waals surface area (Å²) in [5.74, 6) is 0.619. The Morgan fingerprint density at radius 3 is 2.12 bits per heavy atom. The maximum absolute atomic E-state index is 12.1. The molecule has 2 rings (SSSR count). The topological polar surface area (TPSA) is 84.5 Å². The molecule has 1 aromatic rings. The standard InChI is InChI=1S/C18H27NO7/c1-19-4-5-26-18(20)15-2-3-16-17(14-15)25-13-11-23-9-7-21-6-8-22-10-12-24-16/h2-3,14,19H,4-13H2,1H3. The summed E-state index contributed by atoms with van der Waals surface area (Å²) in [6, 6.07) is 4.98. The Morgan fingerprint density at radius 1 is 0.923 bits per heavy atom. The third-order valence-corrected chi connectivity index (χ3v) is 3.48. The van der Waals surface area contributed by atoms with Crippen molar-refractivity contribution in [3.05, 3.63) is 23.8 Å². The van der Waals surface area contributed by atoms with E-state index >= 15 is 0 Å². The van der Waals surface area contributed by atoms with E-state index in [4.69, 9.17) is 28.4 Å². The zero-order valence-electron chi connectivity index (χ0n) is 15.2. The molecule has 0 atom stereocenters. The van der Waals surface area contributed by atoms with E-state index in [-0.39, 0.29) is 0 Å². The summed E-state index contributed by atoms with van der Waals surface area (Å²) in [4.78, 5) is 12.1. The van der Waals surface area contributed by atoms with Crippen LogP contribution in [0, 0.1) is 0 Å². The van der Waals surface area contributed by atoms with Crippen molar-refractivity contribution in [1.82, 2.24) is 5.32 Å². The molecule has 1 heterocycles. The van der Waals surface area contributed by atoms with Crippen molar-refractivity contribution < 1.29 is 33.2 Å². The summed E-state index contributed by atoms with van der Waals surface area (Å²) in [6.45, 7) is 4.49. The number of rotatable bonds is 4. The maximum Gasteiger partial charge on any atom is 0.338 e. The van der Waals surface area contributed by atoms with Gasteiger partial charge >= 0.3 is 5.97 Å². The molecule has 0 saturated carbocycles. The van der Waals surface area contributed by atoms with Crippen LogP contribution in [0.5, 0.6) is 11.5 Å². The maximum atomic E-state index is 12.1.